The summed E-state index contributed by atoms with van der Waals surface area (Å²) >= 11 is 0. The molecule has 0 aromatic heterocycles. The third-order valence-corrected chi connectivity index (χ3v) is 3.01. The van der Waals surface area contributed by atoms with Gasteiger partial charge in [0.15, 0.2) is 0 Å². The molecule has 5 nitrogen and oxygen atoms in total. The molecule has 5 heteroatoms. The van der Waals surface area contributed by atoms with Crippen LogP contribution in [0.15, 0.2) is 18.2 Å². The Kier molecular flexibility index (Phi) is 4.29. The molecular weight excluding hydrogens is 244 g/mol. The smallest absolute Gasteiger partial charge is 0.272 e. The molecule has 0 aliphatic heterocycles. The molecule has 0 saturated heterocycles. The lowest BCUT2D eigenvalue weighted by molar-refractivity contribution is -0.385. The lowest BCUT2D eigenvalue weighted by atomic mass is 10.0. The van der Waals surface area contributed by atoms with E-state index in [1.807, 2.05) is 27.7 Å². The van der Waals surface area contributed by atoms with Crippen molar-refractivity contribution >= 4 is 11.6 Å². The number of nitro groups is 1. The molecule has 1 rings (SSSR count). The van der Waals surface area contributed by atoms with Crippen LogP contribution in [-0.2, 0) is 0 Å². The molecule has 0 N–H and O–H groups in total. The van der Waals surface area contributed by atoms with Gasteiger partial charge in [-0.3, -0.25) is 14.9 Å². The van der Waals surface area contributed by atoms with Crippen LogP contribution in [0.1, 0.15) is 43.6 Å². The van der Waals surface area contributed by atoms with Crippen molar-refractivity contribution in [2.75, 3.05) is 6.54 Å². The first-order chi connectivity index (χ1) is 8.68. The van der Waals surface area contributed by atoms with Gasteiger partial charge in [0.1, 0.15) is 0 Å². The molecule has 0 bridgehead atoms. The van der Waals surface area contributed by atoms with Crippen LogP contribution in [-0.4, -0.2) is 27.8 Å². The van der Waals surface area contributed by atoms with Gasteiger partial charge in [0.2, 0.25) is 0 Å². The zero-order valence-corrected chi connectivity index (χ0v) is 12.1. The van der Waals surface area contributed by atoms with E-state index in [-0.39, 0.29) is 17.1 Å². The minimum atomic E-state index is -0.440. The quantitative estimate of drug-likeness (QED) is 0.622. The molecular formula is C14H20N2O3. The summed E-state index contributed by atoms with van der Waals surface area (Å²) in [5.41, 5.74) is 0.748. The van der Waals surface area contributed by atoms with Gasteiger partial charge in [-0.15, -0.1) is 0 Å². The summed E-state index contributed by atoms with van der Waals surface area (Å²) in [6.07, 6.45) is 0. The second kappa shape index (κ2) is 5.38. The van der Waals surface area contributed by atoms with Crippen LogP contribution in [0.25, 0.3) is 0 Å². The Bertz CT molecular complexity index is 504. The van der Waals surface area contributed by atoms with Crippen molar-refractivity contribution in [2.24, 2.45) is 0 Å². The number of hydrogen-bond donors (Lipinski definition) is 0. The molecule has 1 aromatic carbocycles. The van der Waals surface area contributed by atoms with E-state index in [0.717, 1.165) is 0 Å². The van der Waals surface area contributed by atoms with Gasteiger partial charge in [-0.2, -0.15) is 0 Å². The van der Waals surface area contributed by atoms with Crippen LogP contribution < -0.4 is 0 Å². The standard InChI is InChI=1S/C14H20N2O3/c1-6-15(14(3,4)5)13(17)11-7-8-12(16(18)19)10(2)9-11/h7-9H,6H2,1-5H3. The van der Waals surface area contributed by atoms with Crippen LogP contribution in [0.4, 0.5) is 5.69 Å². The van der Waals surface area contributed by atoms with Gasteiger partial charge in [0, 0.05) is 29.3 Å². The Morgan fingerprint density at radius 2 is 1.95 bits per heavy atom. The molecule has 19 heavy (non-hydrogen) atoms. The fourth-order valence-corrected chi connectivity index (χ4v) is 2.07. The molecule has 1 amide bonds. The van der Waals surface area contributed by atoms with Crippen molar-refractivity contribution in [1.29, 1.82) is 0 Å². The zero-order chi connectivity index (χ0) is 14.8. The highest BCUT2D eigenvalue weighted by atomic mass is 16.6. The molecule has 1 aromatic rings. The molecule has 0 atom stereocenters. The molecule has 0 heterocycles. The van der Waals surface area contributed by atoms with E-state index in [2.05, 4.69) is 0 Å². The number of rotatable bonds is 3. The topological polar surface area (TPSA) is 63.5 Å². The molecule has 0 spiro atoms. The third-order valence-electron chi connectivity index (χ3n) is 3.01. The maximum atomic E-state index is 12.4. The van der Waals surface area contributed by atoms with Crippen molar-refractivity contribution < 1.29 is 9.72 Å². The summed E-state index contributed by atoms with van der Waals surface area (Å²) in [6, 6.07) is 4.48. The van der Waals surface area contributed by atoms with Gasteiger partial charge in [-0.25, -0.2) is 0 Å². The average Bonchev–Trinajstić information content (AvgIpc) is 2.27. The molecule has 0 radical (unpaired) electrons. The molecule has 0 aliphatic carbocycles. The van der Waals surface area contributed by atoms with Gasteiger partial charge in [0.25, 0.3) is 11.6 Å². The fourth-order valence-electron chi connectivity index (χ4n) is 2.07. The van der Waals surface area contributed by atoms with Gasteiger partial charge in [-0.05, 0) is 46.8 Å². The SMILES string of the molecule is CCN(C(=O)c1ccc([N+](=O)[O-])c(C)c1)C(C)(C)C. The molecule has 0 unspecified atom stereocenters. The Hall–Kier alpha value is -1.91. The first kappa shape index (κ1) is 15.1. The van der Waals surface area contributed by atoms with Gasteiger partial charge < -0.3 is 4.90 Å². The molecule has 0 aliphatic rings. The molecule has 0 saturated carbocycles. The Morgan fingerprint density at radius 1 is 1.37 bits per heavy atom. The van der Waals surface area contributed by atoms with Crippen molar-refractivity contribution in [3.05, 3.63) is 39.4 Å². The summed E-state index contributed by atoms with van der Waals surface area (Å²) in [7, 11) is 0. The van der Waals surface area contributed by atoms with Crippen molar-refractivity contribution in [2.45, 2.75) is 40.2 Å². The van der Waals surface area contributed by atoms with Crippen LogP contribution in [0.3, 0.4) is 0 Å². The predicted molar refractivity (Wildman–Crippen MR) is 74.3 cm³/mol. The highest BCUT2D eigenvalue weighted by molar-refractivity contribution is 5.95. The van der Waals surface area contributed by atoms with Gasteiger partial charge >= 0.3 is 0 Å². The van der Waals surface area contributed by atoms with E-state index in [0.29, 0.717) is 17.7 Å². The number of nitrogens with zero attached hydrogens (tertiary/aromatic N) is 2. The Labute approximate surface area is 113 Å². The van der Waals surface area contributed by atoms with E-state index in [1.54, 1.807) is 17.9 Å². The minimum absolute atomic E-state index is 0.0374. The summed E-state index contributed by atoms with van der Waals surface area (Å²) in [4.78, 5) is 24.5. The second-order valence-corrected chi connectivity index (χ2v) is 5.48. The minimum Gasteiger partial charge on any atom is -0.334 e. The van der Waals surface area contributed by atoms with Gasteiger partial charge in [0.05, 0.1) is 4.92 Å². The Balaban J connectivity index is 3.14. The van der Waals surface area contributed by atoms with E-state index in [1.165, 1.54) is 12.1 Å². The van der Waals surface area contributed by atoms with Crippen LogP contribution >= 0.6 is 0 Å². The van der Waals surface area contributed by atoms with Gasteiger partial charge in [-0.1, -0.05) is 0 Å². The van der Waals surface area contributed by atoms with E-state index >= 15 is 0 Å². The summed E-state index contributed by atoms with van der Waals surface area (Å²) in [5.74, 6) is -0.104. The second-order valence-electron chi connectivity index (χ2n) is 5.48. The summed E-state index contributed by atoms with van der Waals surface area (Å²) in [6.45, 7) is 10.0. The van der Waals surface area contributed by atoms with E-state index < -0.39 is 4.92 Å². The largest absolute Gasteiger partial charge is 0.334 e. The number of aryl methyl sites for hydroxylation is 1. The molecule has 104 valence electrons. The normalized spacial score (nSPS) is 11.2. The first-order valence-corrected chi connectivity index (χ1v) is 6.25. The van der Waals surface area contributed by atoms with E-state index in [9.17, 15) is 14.9 Å². The Morgan fingerprint density at radius 3 is 2.32 bits per heavy atom. The predicted octanol–water partition coefficient (Wildman–Crippen LogP) is 3.16. The third kappa shape index (κ3) is 3.30. The number of hydrogen-bond acceptors (Lipinski definition) is 3. The van der Waals surface area contributed by atoms with Crippen LogP contribution in [0.2, 0.25) is 0 Å². The lowest BCUT2D eigenvalue weighted by Crippen LogP contribution is -2.45. The maximum Gasteiger partial charge on any atom is 0.272 e. The number of nitro benzene ring substituents is 1. The first-order valence-electron chi connectivity index (χ1n) is 6.25. The zero-order valence-electron chi connectivity index (χ0n) is 12.1. The monoisotopic (exact) mass is 264 g/mol. The highest BCUT2D eigenvalue weighted by Gasteiger charge is 2.26. The van der Waals surface area contributed by atoms with Crippen LogP contribution in [0, 0.1) is 17.0 Å². The van der Waals surface area contributed by atoms with Crippen molar-refractivity contribution in [1.82, 2.24) is 4.90 Å². The number of benzene rings is 1. The number of carbonyl (C=O) groups is 1. The van der Waals surface area contributed by atoms with Crippen molar-refractivity contribution in [3.63, 3.8) is 0 Å². The van der Waals surface area contributed by atoms with Crippen LogP contribution in [0.5, 0.6) is 0 Å². The molecule has 0 fully saturated rings. The summed E-state index contributed by atoms with van der Waals surface area (Å²) < 4.78 is 0. The lowest BCUT2D eigenvalue weighted by Gasteiger charge is -2.35. The fraction of sp³-hybridized carbons (Fsp3) is 0.500. The highest BCUT2D eigenvalue weighted by Crippen LogP contribution is 2.22. The summed E-state index contributed by atoms with van der Waals surface area (Å²) in [5, 5.41) is 10.8. The number of carbonyl (C=O) groups excluding carboxylic acids is 1. The van der Waals surface area contributed by atoms with E-state index in [4.69, 9.17) is 0 Å². The number of amides is 1. The maximum absolute atomic E-state index is 12.4. The average molecular weight is 264 g/mol. The van der Waals surface area contributed by atoms with Crippen molar-refractivity contribution in [3.8, 4) is 0 Å².